The first-order chi connectivity index (χ1) is 12.1. The number of unbranched alkanes of at least 4 members (excludes halogenated alkanes) is 1. The Morgan fingerprint density at radius 1 is 1.08 bits per heavy atom. The second kappa shape index (κ2) is 7.09. The Bertz CT molecular complexity index is 772. The molecule has 0 saturated heterocycles. The number of amides is 1. The van der Waals surface area contributed by atoms with E-state index in [2.05, 4.69) is 6.92 Å². The summed E-state index contributed by atoms with van der Waals surface area (Å²) < 4.78 is 4.98. The first-order valence-electron chi connectivity index (χ1n) is 8.69. The summed E-state index contributed by atoms with van der Waals surface area (Å²) in [6, 6.07) is 17.4. The molecule has 1 unspecified atom stereocenters. The number of carbonyl (C=O) groups is 2. The van der Waals surface area contributed by atoms with Gasteiger partial charge >= 0.3 is 5.97 Å². The van der Waals surface area contributed by atoms with Crippen molar-refractivity contribution in [2.75, 3.05) is 13.7 Å². The monoisotopic (exact) mass is 337 g/mol. The van der Waals surface area contributed by atoms with Gasteiger partial charge < -0.3 is 9.64 Å². The molecule has 0 fully saturated rings. The van der Waals surface area contributed by atoms with Crippen molar-refractivity contribution < 1.29 is 14.3 Å². The van der Waals surface area contributed by atoms with E-state index >= 15 is 0 Å². The molecule has 2 aromatic carbocycles. The molecule has 3 rings (SSSR count). The summed E-state index contributed by atoms with van der Waals surface area (Å²) in [5.74, 6) is -0.341. The van der Waals surface area contributed by atoms with Crippen LogP contribution in [0.5, 0.6) is 0 Å². The zero-order valence-electron chi connectivity index (χ0n) is 14.7. The standard InChI is InChI=1S/C21H23NO3/c1-3-4-14-22-20(24)17-12-8-9-13-18(17)21(22,15-19(23)25-2)16-10-6-5-7-11-16/h5-13H,3-4,14-15H2,1-2H3. The Hall–Kier alpha value is -2.62. The van der Waals surface area contributed by atoms with Crippen molar-refractivity contribution in [3.05, 3.63) is 71.3 Å². The number of ether oxygens (including phenoxy) is 1. The van der Waals surface area contributed by atoms with E-state index in [0.717, 1.165) is 24.0 Å². The van der Waals surface area contributed by atoms with Crippen molar-refractivity contribution in [1.82, 2.24) is 4.90 Å². The normalized spacial score (nSPS) is 19.0. The van der Waals surface area contributed by atoms with Gasteiger partial charge in [0.2, 0.25) is 0 Å². The van der Waals surface area contributed by atoms with E-state index in [0.29, 0.717) is 12.1 Å². The van der Waals surface area contributed by atoms with Gasteiger partial charge in [-0.15, -0.1) is 0 Å². The SMILES string of the molecule is CCCCN1C(=O)c2ccccc2C1(CC(=O)OC)c1ccccc1. The van der Waals surface area contributed by atoms with Crippen LogP contribution in [0.2, 0.25) is 0 Å². The topological polar surface area (TPSA) is 46.6 Å². The van der Waals surface area contributed by atoms with Crippen LogP contribution in [0.3, 0.4) is 0 Å². The molecule has 0 aliphatic carbocycles. The number of nitrogens with zero attached hydrogens (tertiary/aromatic N) is 1. The van der Waals surface area contributed by atoms with Gasteiger partial charge in [0.15, 0.2) is 0 Å². The predicted octanol–water partition coefficient (Wildman–Crippen LogP) is 3.75. The van der Waals surface area contributed by atoms with Crippen molar-refractivity contribution in [3.63, 3.8) is 0 Å². The van der Waals surface area contributed by atoms with Crippen LogP contribution in [0, 0.1) is 0 Å². The van der Waals surface area contributed by atoms with E-state index in [1.54, 1.807) is 0 Å². The lowest BCUT2D eigenvalue weighted by atomic mass is 9.80. The van der Waals surface area contributed by atoms with E-state index in [1.807, 2.05) is 59.5 Å². The number of methoxy groups -OCH3 is 1. The number of esters is 1. The van der Waals surface area contributed by atoms with Gasteiger partial charge in [-0.2, -0.15) is 0 Å². The van der Waals surface area contributed by atoms with Gasteiger partial charge in [0.05, 0.1) is 13.5 Å². The van der Waals surface area contributed by atoms with E-state index in [-0.39, 0.29) is 18.3 Å². The number of hydrogen-bond donors (Lipinski definition) is 0. The van der Waals surface area contributed by atoms with Gasteiger partial charge in [-0.05, 0) is 23.6 Å². The highest BCUT2D eigenvalue weighted by atomic mass is 16.5. The van der Waals surface area contributed by atoms with Crippen LogP contribution in [0.4, 0.5) is 0 Å². The highest BCUT2D eigenvalue weighted by Crippen LogP contribution is 2.46. The van der Waals surface area contributed by atoms with Crippen LogP contribution < -0.4 is 0 Å². The summed E-state index contributed by atoms with van der Waals surface area (Å²) >= 11 is 0. The van der Waals surface area contributed by atoms with Gasteiger partial charge in [0.1, 0.15) is 5.54 Å². The second-order valence-electron chi connectivity index (χ2n) is 6.34. The molecule has 1 atom stereocenters. The molecule has 0 saturated carbocycles. The third-order valence-electron chi connectivity index (χ3n) is 4.92. The van der Waals surface area contributed by atoms with Gasteiger partial charge in [-0.1, -0.05) is 61.9 Å². The van der Waals surface area contributed by atoms with E-state index in [9.17, 15) is 9.59 Å². The fraction of sp³-hybridized carbons (Fsp3) is 0.333. The van der Waals surface area contributed by atoms with Crippen molar-refractivity contribution in [3.8, 4) is 0 Å². The zero-order valence-corrected chi connectivity index (χ0v) is 14.7. The molecule has 0 radical (unpaired) electrons. The Kier molecular flexibility index (Phi) is 4.88. The molecular formula is C21H23NO3. The molecule has 4 nitrogen and oxygen atoms in total. The van der Waals surface area contributed by atoms with Crippen molar-refractivity contribution in [2.24, 2.45) is 0 Å². The minimum Gasteiger partial charge on any atom is -0.469 e. The molecule has 25 heavy (non-hydrogen) atoms. The summed E-state index contributed by atoms with van der Waals surface area (Å²) in [5, 5.41) is 0. The van der Waals surface area contributed by atoms with Crippen molar-refractivity contribution in [2.45, 2.75) is 31.7 Å². The van der Waals surface area contributed by atoms with Crippen LogP contribution >= 0.6 is 0 Å². The predicted molar refractivity (Wildman–Crippen MR) is 96.2 cm³/mol. The van der Waals surface area contributed by atoms with E-state index in [1.165, 1.54) is 7.11 Å². The number of fused-ring (bicyclic) bond motifs is 1. The summed E-state index contributed by atoms with van der Waals surface area (Å²) in [7, 11) is 1.39. The molecule has 4 heteroatoms. The first kappa shape index (κ1) is 17.2. The minimum atomic E-state index is -0.808. The summed E-state index contributed by atoms with van der Waals surface area (Å²) in [6.45, 7) is 2.70. The fourth-order valence-electron chi connectivity index (χ4n) is 3.70. The average molecular weight is 337 g/mol. The van der Waals surface area contributed by atoms with Crippen LogP contribution in [-0.2, 0) is 15.1 Å². The molecule has 1 heterocycles. The van der Waals surface area contributed by atoms with E-state index in [4.69, 9.17) is 4.74 Å². The number of benzene rings is 2. The van der Waals surface area contributed by atoms with Crippen LogP contribution in [-0.4, -0.2) is 30.4 Å². The molecule has 0 bridgehead atoms. The lowest BCUT2D eigenvalue weighted by Gasteiger charge is -2.39. The van der Waals surface area contributed by atoms with E-state index < -0.39 is 5.54 Å². The Morgan fingerprint density at radius 3 is 2.44 bits per heavy atom. The minimum absolute atomic E-state index is 0.0168. The highest BCUT2D eigenvalue weighted by molar-refractivity contribution is 6.01. The van der Waals surface area contributed by atoms with Crippen molar-refractivity contribution in [1.29, 1.82) is 0 Å². The third-order valence-corrected chi connectivity index (χ3v) is 4.92. The Morgan fingerprint density at radius 2 is 1.76 bits per heavy atom. The highest BCUT2D eigenvalue weighted by Gasteiger charge is 2.51. The molecule has 0 spiro atoms. The summed E-state index contributed by atoms with van der Waals surface area (Å²) in [4.78, 5) is 27.3. The maximum atomic E-state index is 13.1. The summed E-state index contributed by atoms with van der Waals surface area (Å²) in [6.07, 6.45) is 1.97. The molecule has 1 aliphatic rings. The average Bonchev–Trinajstić information content (AvgIpc) is 2.90. The van der Waals surface area contributed by atoms with Gasteiger partial charge in [-0.3, -0.25) is 9.59 Å². The van der Waals surface area contributed by atoms with Crippen LogP contribution in [0.1, 0.15) is 47.7 Å². The largest absolute Gasteiger partial charge is 0.469 e. The first-order valence-corrected chi connectivity index (χ1v) is 8.69. The molecular weight excluding hydrogens is 314 g/mol. The Labute approximate surface area is 148 Å². The Balaban J connectivity index is 2.24. The van der Waals surface area contributed by atoms with Gasteiger partial charge in [0, 0.05) is 12.1 Å². The number of carbonyl (C=O) groups excluding carboxylic acids is 2. The molecule has 1 amide bonds. The van der Waals surface area contributed by atoms with Crippen molar-refractivity contribution >= 4 is 11.9 Å². The maximum absolute atomic E-state index is 13.1. The zero-order chi connectivity index (χ0) is 17.9. The third kappa shape index (κ3) is 2.82. The van der Waals surface area contributed by atoms with Gasteiger partial charge in [-0.25, -0.2) is 0 Å². The summed E-state index contributed by atoms with van der Waals surface area (Å²) in [5.41, 5.74) is 1.69. The lowest BCUT2D eigenvalue weighted by Crippen LogP contribution is -2.46. The molecule has 2 aromatic rings. The fourth-order valence-corrected chi connectivity index (χ4v) is 3.70. The van der Waals surface area contributed by atoms with Crippen LogP contribution in [0.15, 0.2) is 54.6 Å². The van der Waals surface area contributed by atoms with Crippen LogP contribution in [0.25, 0.3) is 0 Å². The molecule has 1 aliphatic heterocycles. The smallest absolute Gasteiger partial charge is 0.308 e. The van der Waals surface area contributed by atoms with Gasteiger partial charge in [0.25, 0.3) is 5.91 Å². The second-order valence-corrected chi connectivity index (χ2v) is 6.34. The lowest BCUT2D eigenvalue weighted by molar-refractivity contribution is -0.143. The number of hydrogen-bond acceptors (Lipinski definition) is 3. The molecule has 130 valence electrons. The molecule has 0 aromatic heterocycles. The quantitative estimate of drug-likeness (QED) is 0.754. The number of rotatable bonds is 6. The molecule has 0 N–H and O–H groups in total. The maximum Gasteiger partial charge on any atom is 0.308 e.